The molecule has 184 valence electrons. The lowest BCUT2D eigenvalue weighted by Gasteiger charge is -2.05. The number of methoxy groups -OCH3 is 2. The minimum Gasteiger partial charge on any atom is -0.465 e. The number of ketones is 1. The van der Waals surface area contributed by atoms with Gasteiger partial charge in [0.25, 0.3) is 0 Å². The average Bonchev–Trinajstić information content (AvgIpc) is 3.49. The molecule has 2 aromatic heterocycles. The molecule has 0 aliphatic carbocycles. The van der Waals surface area contributed by atoms with E-state index < -0.39 is 11.9 Å². The molecule has 4 rings (SSSR count). The summed E-state index contributed by atoms with van der Waals surface area (Å²) in [5.41, 5.74) is 1.63. The van der Waals surface area contributed by atoms with Gasteiger partial charge in [0.1, 0.15) is 5.78 Å². The first-order chi connectivity index (χ1) is 17.3. The molecule has 2 aromatic carbocycles. The Balaban J connectivity index is 1.41. The molecule has 0 spiro atoms. The zero-order valence-electron chi connectivity index (χ0n) is 19.9. The van der Waals surface area contributed by atoms with Crippen molar-refractivity contribution in [3.63, 3.8) is 0 Å². The van der Waals surface area contributed by atoms with Crippen molar-refractivity contribution < 1.29 is 33.4 Å². The largest absolute Gasteiger partial charge is 0.465 e. The first-order valence-corrected chi connectivity index (χ1v) is 11.3. The van der Waals surface area contributed by atoms with Crippen LogP contribution in [-0.4, -0.2) is 52.9 Å². The summed E-state index contributed by atoms with van der Waals surface area (Å²) in [7, 11) is 2.53. The van der Waals surface area contributed by atoms with Crippen LogP contribution in [0.3, 0.4) is 0 Å². The summed E-state index contributed by atoms with van der Waals surface area (Å²) in [5.74, 6) is -2.05. The molecular weight excluding hydrogens is 464 g/mol. The average molecular weight is 488 g/mol. The number of carbonyl (C=O) groups excluding carboxylic acids is 5. The van der Waals surface area contributed by atoms with Gasteiger partial charge in [-0.05, 0) is 12.1 Å². The molecule has 36 heavy (non-hydrogen) atoms. The maximum Gasteiger partial charge on any atom is 0.340 e. The second-order valence-electron chi connectivity index (χ2n) is 8.17. The van der Waals surface area contributed by atoms with E-state index in [-0.39, 0.29) is 54.4 Å². The Labute approximate surface area is 206 Å². The minimum absolute atomic E-state index is 0.0496. The third-order valence-corrected chi connectivity index (χ3v) is 6.01. The lowest BCUT2D eigenvalue weighted by molar-refractivity contribution is -0.119. The third-order valence-electron chi connectivity index (χ3n) is 6.01. The van der Waals surface area contributed by atoms with Crippen molar-refractivity contribution in [2.75, 3.05) is 14.2 Å². The molecule has 0 aliphatic rings. The van der Waals surface area contributed by atoms with Crippen LogP contribution in [0.5, 0.6) is 0 Å². The molecule has 0 radical (unpaired) electrons. The first kappa shape index (κ1) is 24.6. The van der Waals surface area contributed by atoms with Crippen LogP contribution in [0.1, 0.15) is 56.0 Å². The fraction of sp³-hybridized carbons (Fsp3) is 0.222. The van der Waals surface area contributed by atoms with Crippen molar-refractivity contribution in [2.45, 2.75) is 25.7 Å². The van der Waals surface area contributed by atoms with Gasteiger partial charge in [0, 0.05) is 48.8 Å². The van der Waals surface area contributed by atoms with E-state index in [2.05, 4.69) is 0 Å². The molecular formula is C27H24N2O7. The van der Waals surface area contributed by atoms with Gasteiger partial charge < -0.3 is 9.47 Å². The standard InChI is InChI=1S/C27H24N2O7/c1-35-26(33)20-15-28(22-9-5-3-7-18(20)22)24(31)13-11-17(30)12-14-25(32)29-16-21(27(34)36-2)19-8-4-6-10-23(19)29/h3-10,15-16H,11-14H2,1-2H3. The SMILES string of the molecule is COC(=O)c1cn(C(=O)CCC(=O)CCC(=O)n2cc(C(=O)OC)c3ccccc32)c2ccccc12. The number of benzene rings is 2. The normalized spacial score (nSPS) is 10.9. The summed E-state index contributed by atoms with van der Waals surface area (Å²) in [5, 5.41) is 1.17. The highest BCUT2D eigenvalue weighted by atomic mass is 16.5. The Morgan fingerprint density at radius 2 is 1.00 bits per heavy atom. The van der Waals surface area contributed by atoms with E-state index in [1.807, 2.05) is 0 Å². The molecule has 2 heterocycles. The monoisotopic (exact) mass is 488 g/mol. The smallest absolute Gasteiger partial charge is 0.340 e. The van der Waals surface area contributed by atoms with Gasteiger partial charge in [-0.15, -0.1) is 0 Å². The molecule has 0 amide bonds. The number of fused-ring (bicyclic) bond motifs is 2. The Morgan fingerprint density at radius 3 is 1.39 bits per heavy atom. The van der Waals surface area contributed by atoms with Gasteiger partial charge >= 0.3 is 11.9 Å². The fourth-order valence-corrected chi connectivity index (χ4v) is 4.18. The number of nitrogens with zero attached hydrogens (tertiary/aromatic N) is 2. The van der Waals surface area contributed by atoms with Crippen LogP contribution in [0.25, 0.3) is 21.8 Å². The zero-order valence-corrected chi connectivity index (χ0v) is 19.9. The van der Waals surface area contributed by atoms with Crippen molar-refractivity contribution in [1.82, 2.24) is 9.13 Å². The molecule has 4 aromatic rings. The Kier molecular flexibility index (Phi) is 7.10. The molecule has 0 saturated heterocycles. The van der Waals surface area contributed by atoms with Crippen LogP contribution in [-0.2, 0) is 14.3 Å². The number of rotatable bonds is 8. The molecule has 0 saturated carbocycles. The van der Waals surface area contributed by atoms with Crippen LogP contribution in [0, 0.1) is 0 Å². The van der Waals surface area contributed by atoms with E-state index in [0.717, 1.165) is 0 Å². The van der Waals surface area contributed by atoms with Crippen molar-refractivity contribution in [3.8, 4) is 0 Å². The molecule has 9 heteroatoms. The van der Waals surface area contributed by atoms with Crippen molar-refractivity contribution in [3.05, 3.63) is 72.1 Å². The Hall–Kier alpha value is -4.53. The van der Waals surface area contributed by atoms with Crippen molar-refractivity contribution in [1.29, 1.82) is 0 Å². The van der Waals surface area contributed by atoms with Crippen LogP contribution in [0.15, 0.2) is 60.9 Å². The van der Waals surface area contributed by atoms with Gasteiger partial charge in [-0.2, -0.15) is 0 Å². The molecule has 0 bridgehead atoms. The number of carbonyl (C=O) groups is 5. The van der Waals surface area contributed by atoms with Gasteiger partial charge in [-0.3, -0.25) is 23.5 Å². The second kappa shape index (κ2) is 10.4. The van der Waals surface area contributed by atoms with E-state index >= 15 is 0 Å². The summed E-state index contributed by atoms with van der Waals surface area (Å²) < 4.78 is 12.3. The van der Waals surface area contributed by atoms with E-state index in [0.29, 0.717) is 21.8 Å². The lowest BCUT2D eigenvalue weighted by atomic mass is 10.1. The number of hydrogen-bond donors (Lipinski definition) is 0. The Bertz CT molecular complexity index is 1400. The van der Waals surface area contributed by atoms with Crippen molar-refractivity contribution >= 4 is 51.3 Å². The quantitative estimate of drug-likeness (QED) is 0.340. The third kappa shape index (κ3) is 4.68. The summed E-state index contributed by atoms with van der Waals surface area (Å²) in [6, 6.07) is 13.9. The molecule has 9 nitrogen and oxygen atoms in total. The molecule has 0 unspecified atom stereocenters. The summed E-state index contributed by atoms with van der Waals surface area (Å²) in [4.78, 5) is 62.3. The highest BCUT2D eigenvalue weighted by molar-refractivity contribution is 6.08. The van der Waals surface area contributed by atoms with Crippen LogP contribution < -0.4 is 0 Å². The number of ether oxygens (including phenoxy) is 2. The molecule has 0 atom stereocenters. The van der Waals surface area contributed by atoms with Crippen LogP contribution in [0.4, 0.5) is 0 Å². The van der Waals surface area contributed by atoms with E-state index in [1.165, 1.54) is 35.7 Å². The number of para-hydroxylation sites is 2. The second-order valence-corrected chi connectivity index (χ2v) is 8.17. The summed E-state index contributed by atoms with van der Waals surface area (Å²) in [6.07, 6.45) is 2.58. The van der Waals surface area contributed by atoms with E-state index in [1.54, 1.807) is 48.5 Å². The van der Waals surface area contributed by atoms with Gasteiger partial charge in [-0.25, -0.2) is 9.59 Å². The van der Waals surface area contributed by atoms with E-state index in [9.17, 15) is 24.0 Å². The topological polar surface area (TPSA) is 114 Å². The van der Waals surface area contributed by atoms with Gasteiger partial charge in [0.05, 0.1) is 36.4 Å². The van der Waals surface area contributed by atoms with Gasteiger partial charge in [0.15, 0.2) is 0 Å². The molecule has 0 fully saturated rings. The van der Waals surface area contributed by atoms with E-state index in [4.69, 9.17) is 9.47 Å². The summed E-state index contributed by atoms with van der Waals surface area (Å²) in [6.45, 7) is 0. The van der Waals surface area contributed by atoms with Gasteiger partial charge in [0.2, 0.25) is 11.8 Å². The maximum absolute atomic E-state index is 12.8. The van der Waals surface area contributed by atoms with Crippen LogP contribution >= 0.6 is 0 Å². The van der Waals surface area contributed by atoms with Crippen molar-refractivity contribution in [2.24, 2.45) is 0 Å². The highest BCUT2D eigenvalue weighted by Crippen LogP contribution is 2.24. The molecule has 0 aliphatic heterocycles. The highest BCUT2D eigenvalue weighted by Gasteiger charge is 2.21. The van der Waals surface area contributed by atoms with Crippen LogP contribution in [0.2, 0.25) is 0 Å². The fourth-order valence-electron chi connectivity index (χ4n) is 4.18. The van der Waals surface area contributed by atoms with Gasteiger partial charge in [-0.1, -0.05) is 36.4 Å². The summed E-state index contributed by atoms with van der Waals surface area (Å²) >= 11 is 0. The molecule has 0 N–H and O–H groups in total. The minimum atomic E-state index is -0.555. The maximum atomic E-state index is 12.8. The Morgan fingerprint density at radius 1 is 0.611 bits per heavy atom. The predicted molar refractivity (Wildman–Crippen MR) is 131 cm³/mol. The number of Topliss-reactive ketones (excluding diaryl/α,β-unsaturated/α-hetero) is 1. The first-order valence-electron chi connectivity index (χ1n) is 11.3. The number of hydrogen-bond acceptors (Lipinski definition) is 7. The lowest BCUT2D eigenvalue weighted by Crippen LogP contribution is -2.14. The zero-order chi connectivity index (χ0) is 25.8. The predicted octanol–water partition coefficient (Wildman–Crippen LogP) is 4.28. The number of esters is 2. The number of aromatic nitrogens is 2.